The van der Waals surface area contributed by atoms with E-state index in [9.17, 15) is 20.1 Å². The summed E-state index contributed by atoms with van der Waals surface area (Å²) in [4.78, 5) is 13.4. The highest BCUT2D eigenvalue weighted by Crippen LogP contribution is 2.75. The van der Waals surface area contributed by atoms with Crippen molar-refractivity contribution in [3.63, 3.8) is 0 Å². The van der Waals surface area contributed by atoms with Crippen molar-refractivity contribution in [2.24, 2.45) is 50.2 Å². The maximum absolute atomic E-state index is 13.4. The van der Waals surface area contributed by atoms with Crippen molar-refractivity contribution in [2.45, 2.75) is 118 Å². The molecule has 204 valence electrons. The molecule has 3 N–H and O–H groups in total. The fourth-order valence-electron chi connectivity index (χ4n) is 10.9. The van der Waals surface area contributed by atoms with Gasteiger partial charge in [0.25, 0.3) is 0 Å². The monoisotopic (exact) mass is 502 g/mol. The van der Waals surface area contributed by atoms with E-state index in [1.165, 1.54) is 12.7 Å². The van der Waals surface area contributed by atoms with E-state index in [0.717, 1.165) is 32.1 Å². The second-order valence-electron chi connectivity index (χ2n) is 15.4. The standard InChI is InChI=1S/C31H50O5/c1-26(2)15-19-18-9-10-21-28(5)13-12-22(32)27(3,4)20(28)11-14-29(21,6)30(18,7)16-24(34)31(19,17-23(26)33)25(35)36-8/h9,19-24,32-34H,10-17H2,1-8H3/t19-,20-,21+,22-,23-,24+,28-,29+,30+,31+/m0/s1. The molecule has 0 bridgehead atoms. The minimum atomic E-state index is -1.09. The number of ether oxygens (including phenoxy) is 1. The number of methoxy groups -OCH3 is 1. The Hall–Kier alpha value is -0.910. The Labute approximate surface area is 218 Å². The molecule has 5 aliphatic rings. The number of hydrogen-bond acceptors (Lipinski definition) is 5. The number of esters is 1. The first-order chi connectivity index (χ1) is 16.5. The van der Waals surface area contributed by atoms with E-state index in [0.29, 0.717) is 24.7 Å². The predicted molar refractivity (Wildman–Crippen MR) is 140 cm³/mol. The molecule has 0 heterocycles. The highest BCUT2D eigenvalue weighted by atomic mass is 16.5. The van der Waals surface area contributed by atoms with Crippen LogP contribution >= 0.6 is 0 Å². The maximum Gasteiger partial charge on any atom is 0.315 e. The zero-order chi connectivity index (χ0) is 26.7. The van der Waals surface area contributed by atoms with Crippen LogP contribution in [-0.4, -0.2) is 46.7 Å². The molecule has 4 saturated carbocycles. The van der Waals surface area contributed by atoms with Crippen LogP contribution in [0.2, 0.25) is 0 Å². The van der Waals surface area contributed by atoms with E-state index >= 15 is 0 Å². The molecule has 0 aromatic rings. The highest BCUT2D eigenvalue weighted by molar-refractivity contribution is 5.79. The lowest BCUT2D eigenvalue weighted by Gasteiger charge is -2.71. The number of rotatable bonds is 1. The van der Waals surface area contributed by atoms with Gasteiger partial charge in [-0.25, -0.2) is 0 Å². The van der Waals surface area contributed by atoms with E-state index in [4.69, 9.17) is 4.74 Å². The molecule has 4 fully saturated rings. The SMILES string of the molecule is COC(=O)[C@]12C[C@H](O)C(C)(C)C[C@H]1C1=CC[C@@H]3[C@@]4(C)CC[C@H](O)C(C)(C)[C@@H]4CC[C@@]3(C)[C@]1(C)C[C@H]2O. The molecule has 0 aliphatic heterocycles. The molecule has 36 heavy (non-hydrogen) atoms. The molecule has 0 spiro atoms. The number of hydrogen-bond donors (Lipinski definition) is 3. The minimum absolute atomic E-state index is 0.00975. The Morgan fingerprint density at radius 3 is 2.17 bits per heavy atom. The Balaban J connectivity index is 1.64. The first-order valence-corrected chi connectivity index (χ1v) is 14.4. The summed E-state index contributed by atoms with van der Waals surface area (Å²) < 4.78 is 5.34. The number of allylic oxidation sites excluding steroid dienone is 2. The summed E-state index contributed by atoms with van der Waals surface area (Å²) >= 11 is 0. The lowest BCUT2D eigenvalue weighted by atomic mass is 9.33. The van der Waals surface area contributed by atoms with Gasteiger partial charge in [-0.05, 0) is 96.2 Å². The summed E-state index contributed by atoms with van der Waals surface area (Å²) in [5.41, 5.74) is -0.315. The lowest BCUT2D eigenvalue weighted by Crippen LogP contribution is -2.68. The smallest absolute Gasteiger partial charge is 0.315 e. The average molecular weight is 503 g/mol. The summed E-state index contributed by atoms with van der Waals surface area (Å²) in [7, 11) is 1.41. The molecule has 0 amide bonds. The van der Waals surface area contributed by atoms with Gasteiger partial charge in [-0.3, -0.25) is 4.79 Å². The van der Waals surface area contributed by atoms with Crippen LogP contribution in [0, 0.1) is 50.2 Å². The highest BCUT2D eigenvalue weighted by Gasteiger charge is 2.72. The molecule has 0 aromatic carbocycles. The third-order valence-corrected chi connectivity index (χ3v) is 13.4. The average Bonchev–Trinajstić information content (AvgIpc) is 2.78. The van der Waals surface area contributed by atoms with Gasteiger partial charge in [0.05, 0.1) is 25.4 Å². The third-order valence-electron chi connectivity index (χ3n) is 13.4. The third kappa shape index (κ3) is 3.03. The molecule has 5 heteroatoms. The van der Waals surface area contributed by atoms with Gasteiger partial charge in [0.2, 0.25) is 0 Å². The number of aliphatic hydroxyl groups excluding tert-OH is 3. The summed E-state index contributed by atoms with van der Waals surface area (Å²) in [6, 6.07) is 0. The second kappa shape index (κ2) is 7.82. The number of carbonyl (C=O) groups is 1. The van der Waals surface area contributed by atoms with E-state index in [1.54, 1.807) is 0 Å². The van der Waals surface area contributed by atoms with Gasteiger partial charge in [0.15, 0.2) is 0 Å². The van der Waals surface area contributed by atoms with Crippen LogP contribution < -0.4 is 0 Å². The molecular weight excluding hydrogens is 452 g/mol. The van der Waals surface area contributed by atoms with Crippen LogP contribution in [0.1, 0.15) is 99.8 Å². The Bertz CT molecular complexity index is 968. The summed E-state index contributed by atoms with van der Waals surface area (Å²) in [5, 5.41) is 33.9. The normalized spacial score (nSPS) is 53.1. The van der Waals surface area contributed by atoms with E-state index in [1.807, 2.05) is 0 Å². The maximum atomic E-state index is 13.4. The van der Waals surface area contributed by atoms with Crippen molar-refractivity contribution < 1.29 is 24.9 Å². The summed E-state index contributed by atoms with van der Waals surface area (Å²) in [5.74, 6) is 0.426. The van der Waals surface area contributed by atoms with Crippen LogP contribution in [0.25, 0.3) is 0 Å². The molecule has 0 saturated heterocycles. The van der Waals surface area contributed by atoms with Gasteiger partial charge in [-0.2, -0.15) is 0 Å². The molecule has 0 aromatic heterocycles. The van der Waals surface area contributed by atoms with Crippen molar-refractivity contribution in [3.05, 3.63) is 11.6 Å². The van der Waals surface area contributed by atoms with Crippen LogP contribution in [0.3, 0.4) is 0 Å². The quantitative estimate of drug-likeness (QED) is 0.336. The van der Waals surface area contributed by atoms with Crippen LogP contribution in [-0.2, 0) is 9.53 Å². The van der Waals surface area contributed by atoms with Crippen molar-refractivity contribution in [1.29, 1.82) is 0 Å². The van der Waals surface area contributed by atoms with Crippen LogP contribution in [0.5, 0.6) is 0 Å². The number of carbonyl (C=O) groups excluding carboxylic acids is 1. The van der Waals surface area contributed by atoms with Crippen molar-refractivity contribution >= 4 is 5.97 Å². The van der Waals surface area contributed by atoms with Crippen molar-refractivity contribution in [1.82, 2.24) is 0 Å². The Morgan fingerprint density at radius 1 is 0.861 bits per heavy atom. The summed E-state index contributed by atoms with van der Waals surface area (Å²) in [6.07, 6.45) is 7.14. The molecule has 5 nitrogen and oxygen atoms in total. The van der Waals surface area contributed by atoms with Crippen LogP contribution in [0.15, 0.2) is 11.6 Å². The molecule has 0 radical (unpaired) electrons. The Morgan fingerprint density at radius 2 is 1.53 bits per heavy atom. The van der Waals surface area contributed by atoms with Crippen molar-refractivity contribution in [2.75, 3.05) is 7.11 Å². The first kappa shape index (κ1) is 26.7. The van der Waals surface area contributed by atoms with Gasteiger partial charge in [0, 0.05) is 0 Å². The Kier molecular flexibility index (Phi) is 5.80. The molecule has 5 aliphatic carbocycles. The zero-order valence-electron chi connectivity index (χ0n) is 23.9. The van der Waals surface area contributed by atoms with Gasteiger partial charge < -0.3 is 20.1 Å². The van der Waals surface area contributed by atoms with Crippen LogP contribution in [0.4, 0.5) is 0 Å². The van der Waals surface area contributed by atoms with E-state index in [2.05, 4.69) is 54.5 Å². The molecular formula is C31H50O5. The van der Waals surface area contributed by atoms with Gasteiger partial charge in [0.1, 0.15) is 5.41 Å². The van der Waals surface area contributed by atoms with Gasteiger partial charge in [-0.15, -0.1) is 0 Å². The first-order valence-electron chi connectivity index (χ1n) is 14.4. The van der Waals surface area contributed by atoms with E-state index in [-0.39, 0.29) is 51.5 Å². The fourth-order valence-corrected chi connectivity index (χ4v) is 10.9. The number of aliphatic hydroxyl groups is 3. The summed E-state index contributed by atoms with van der Waals surface area (Å²) in [6.45, 7) is 16.0. The lowest BCUT2D eigenvalue weighted by molar-refractivity contribution is -0.226. The van der Waals surface area contributed by atoms with E-state index < -0.39 is 17.6 Å². The topological polar surface area (TPSA) is 87.0 Å². The minimum Gasteiger partial charge on any atom is -0.468 e. The molecule has 5 rings (SSSR count). The zero-order valence-corrected chi connectivity index (χ0v) is 23.9. The molecule has 0 unspecified atom stereocenters. The van der Waals surface area contributed by atoms with Gasteiger partial charge >= 0.3 is 5.97 Å². The fraction of sp³-hybridized carbons (Fsp3) is 0.903. The molecule has 10 atom stereocenters. The van der Waals surface area contributed by atoms with Crippen molar-refractivity contribution in [3.8, 4) is 0 Å². The predicted octanol–water partition coefficient (Wildman–Crippen LogP) is 5.26. The number of fused-ring (bicyclic) bond motifs is 7. The van der Waals surface area contributed by atoms with Gasteiger partial charge in [-0.1, -0.05) is 60.1 Å². The largest absolute Gasteiger partial charge is 0.468 e. The second-order valence-corrected chi connectivity index (χ2v) is 15.4.